The Labute approximate surface area is 306 Å². The van der Waals surface area contributed by atoms with E-state index in [0.717, 1.165) is 12.1 Å². The molecule has 0 unspecified atom stereocenters. The summed E-state index contributed by atoms with van der Waals surface area (Å²) in [5, 5.41) is 123. The summed E-state index contributed by atoms with van der Waals surface area (Å²) < 4.78 is 39.8. The van der Waals surface area contributed by atoms with Crippen LogP contribution in [0.4, 0.5) is 0 Å². The van der Waals surface area contributed by atoms with Gasteiger partial charge in [-0.2, -0.15) is 0 Å². The second kappa shape index (κ2) is 18.3. The Bertz CT molecular complexity index is 1570. The standard InChI is InChI=1S/C34H44O20/c35-11-21-25(44)26(45)31(54-32-27(46)24(43)20(41)13-49-32)34(50-21)53-30-28(47)33(48-8-7-15-2-5-17(38)19(40)10-15)51-22(12-36)29(30)52-23(42)6-3-14-1-4-16(37)18(39)9-14/h1-6,9-10,20-22,24-41,43-47H,7-8,11-13H2/t20-,21+,22-,24-,25+,26-,27-,28+,29+,30-,31+,32-,33+,34+/m1/s1. The molecule has 12 N–H and O–H groups in total. The second-order valence-electron chi connectivity index (χ2n) is 12.8. The largest absolute Gasteiger partial charge is 0.504 e. The van der Waals surface area contributed by atoms with Crippen LogP contribution in [0.15, 0.2) is 42.5 Å². The summed E-state index contributed by atoms with van der Waals surface area (Å²) in [5.41, 5.74) is 0.789. The number of esters is 1. The topological polar surface area (TPSA) is 324 Å². The molecule has 2 aromatic rings. The number of rotatable bonds is 13. The smallest absolute Gasteiger partial charge is 0.331 e. The van der Waals surface area contributed by atoms with Gasteiger partial charge in [0, 0.05) is 6.08 Å². The number of hydrogen-bond acceptors (Lipinski definition) is 20. The fraction of sp³-hybridized carbons (Fsp3) is 0.559. The molecular formula is C34H44O20. The maximum atomic E-state index is 13.1. The lowest BCUT2D eigenvalue weighted by Gasteiger charge is -2.48. The van der Waals surface area contributed by atoms with Gasteiger partial charge in [0.1, 0.15) is 61.0 Å². The van der Waals surface area contributed by atoms with E-state index in [2.05, 4.69) is 0 Å². The highest BCUT2D eigenvalue weighted by Gasteiger charge is 2.54. The molecule has 3 aliphatic heterocycles. The molecule has 0 aliphatic carbocycles. The fourth-order valence-electron chi connectivity index (χ4n) is 6.00. The third kappa shape index (κ3) is 9.56. The summed E-state index contributed by atoms with van der Waals surface area (Å²) in [6, 6.07) is 7.75. The van der Waals surface area contributed by atoms with Gasteiger partial charge in [-0.25, -0.2) is 4.79 Å². The molecule has 14 atom stereocenters. The van der Waals surface area contributed by atoms with Crippen molar-refractivity contribution in [2.24, 2.45) is 0 Å². The van der Waals surface area contributed by atoms with E-state index < -0.39 is 123 Å². The van der Waals surface area contributed by atoms with Crippen LogP contribution in [-0.4, -0.2) is 180 Å². The average molecular weight is 773 g/mol. The number of carbonyl (C=O) groups excluding carboxylic acids is 1. The first-order chi connectivity index (χ1) is 25.7. The molecule has 0 aromatic heterocycles. The quantitative estimate of drug-likeness (QED) is 0.0532. The van der Waals surface area contributed by atoms with E-state index in [1.165, 1.54) is 36.4 Å². The molecule has 20 heteroatoms. The van der Waals surface area contributed by atoms with Crippen molar-refractivity contribution in [1.29, 1.82) is 0 Å². The van der Waals surface area contributed by atoms with Gasteiger partial charge < -0.3 is 94.4 Å². The first kappa shape index (κ1) is 41.5. The molecule has 54 heavy (non-hydrogen) atoms. The van der Waals surface area contributed by atoms with Crippen LogP contribution in [0, 0.1) is 0 Å². The molecule has 5 rings (SSSR count). The van der Waals surface area contributed by atoms with Crippen molar-refractivity contribution in [3.05, 3.63) is 53.6 Å². The number of aliphatic hydroxyl groups excluding tert-OH is 8. The molecular weight excluding hydrogens is 728 g/mol. The lowest BCUT2D eigenvalue weighted by atomic mass is 9.96. The van der Waals surface area contributed by atoms with E-state index >= 15 is 0 Å². The molecule has 3 aliphatic rings. The first-order valence-electron chi connectivity index (χ1n) is 16.8. The summed E-state index contributed by atoms with van der Waals surface area (Å²) in [6.45, 7) is -2.38. The minimum atomic E-state index is -1.94. The molecule has 3 fully saturated rings. The van der Waals surface area contributed by atoms with Gasteiger partial charge in [-0.15, -0.1) is 0 Å². The molecule has 0 spiro atoms. The Morgan fingerprint density at radius 2 is 1.33 bits per heavy atom. The van der Waals surface area contributed by atoms with Gasteiger partial charge >= 0.3 is 5.97 Å². The lowest BCUT2D eigenvalue weighted by molar-refractivity contribution is -0.383. The fourth-order valence-corrected chi connectivity index (χ4v) is 6.00. The highest BCUT2D eigenvalue weighted by Crippen LogP contribution is 2.34. The maximum absolute atomic E-state index is 13.1. The van der Waals surface area contributed by atoms with Crippen molar-refractivity contribution >= 4 is 12.0 Å². The Hall–Kier alpha value is -3.71. The number of aromatic hydroxyl groups is 4. The van der Waals surface area contributed by atoms with Gasteiger partial charge in [-0.3, -0.25) is 0 Å². The predicted octanol–water partition coefficient (Wildman–Crippen LogP) is -3.58. The number of phenolic OH excluding ortho intramolecular Hbond substituents is 4. The number of ether oxygens (including phenoxy) is 7. The molecule has 3 saturated heterocycles. The Kier molecular flexibility index (Phi) is 14.0. The zero-order chi connectivity index (χ0) is 39.3. The number of phenols is 4. The van der Waals surface area contributed by atoms with Crippen LogP contribution in [0.25, 0.3) is 6.08 Å². The third-order valence-corrected chi connectivity index (χ3v) is 9.03. The highest BCUT2D eigenvalue weighted by atomic mass is 16.8. The molecule has 3 heterocycles. The monoisotopic (exact) mass is 772 g/mol. The minimum absolute atomic E-state index is 0.125. The van der Waals surface area contributed by atoms with Crippen molar-refractivity contribution in [2.45, 2.75) is 92.4 Å². The van der Waals surface area contributed by atoms with E-state index in [9.17, 15) is 66.1 Å². The third-order valence-electron chi connectivity index (χ3n) is 9.03. The van der Waals surface area contributed by atoms with Crippen LogP contribution in [0.1, 0.15) is 11.1 Å². The second-order valence-corrected chi connectivity index (χ2v) is 12.8. The molecule has 2 aromatic carbocycles. The highest BCUT2D eigenvalue weighted by molar-refractivity contribution is 5.87. The van der Waals surface area contributed by atoms with E-state index in [-0.39, 0.29) is 30.1 Å². The van der Waals surface area contributed by atoms with Gasteiger partial charge in [0.15, 0.2) is 48.0 Å². The van der Waals surface area contributed by atoms with Crippen molar-refractivity contribution in [2.75, 3.05) is 26.4 Å². The van der Waals surface area contributed by atoms with Crippen molar-refractivity contribution in [3.63, 3.8) is 0 Å². The SMILES string of the molecule is O=C(C=Cc1ccc(O)c(O)c1)O[C@@H]1[C@H](O[C@@H]2O[C@@H](CO)[C@H](O)[C@@H](O)[C@@H]2O[C@H]2OC[C@@H](O)[C@@H](O)[C@H]2O)[C@H](O)[C@@H](OCCc2ccc(O)c(O)c2)O[C@@H]1CO. The van der Waals surface area contributed by atoms with Crippen LogP contribution in [-0.2, 0) is 44.4 Å². The zero-order valence-corrected chi connectivity index (χ0v) is 28.4. The van der Waals surface area contributed by atoms with Gasteiger partial charge in [0.25, 0.3) is 0 Å². The maximum Gasteiger partial charge on any atom is 0.331 e. The summed E-state index contributed by atoms with van der Waals surface area (Å²) in [4.78, 5) is 13.1. The lowest BCUT2D eigenvalue weighted by Crippen LogP contribution is -2.67. The van der Waals surface area contributed by atoms with Gasteiger partial charge in [0.2, 0.25) is 0 Å². The summed E-state index contributed by atoms with van der Waals surface area (Å²) in [7, 11) is 0. The predicted molar refractivity (Wildman–Crippen MR) is 175 cm³/mol. The number of carbonyl (C=O) groups is 1. The van der Waals surface area contributed by atoms with Crippen molar-refractivity contribution in [3.8, 4) is 23.0 Å². The number of benzene rings is 2. The summed E-state index contributed by atoms with van der Waals surface area (Å²) >= 11 is 0. The van der Waals surface area contributed by atoms with E-state index in [1.807, 2.05) is 0 Å². The molecule has 20 nitrogen and oxygen atoms in total. The molecule has 300 valence electrons. The van der Waals surface area contributed by atoms with E-state index in [0.29, 0.717) is 5.56 Å². The normalized spacial score (nSPS) is 35.9. The van der Waals surface area contributed by atoms with Crippen LogP contribution in [0.5, 0.6) is 23.0 Å². The van der Waals surface area contributed by atoms with E-state index in [4.69, 9.17) is 33.2 Å². The summed E-state index contributed by atoms with van der Waals surface area (Å²) in [6.07, 6.45) is -21.9. The summed E-state index contributed by atoms with van der Waals surface area (Å²) in [5.74, 6) is -2.68. The first-order valence-corrected chi connectivity index (χ1v) is 16.8. The van der Waals surface area contributed by atoms with Crippen LogP contribution < -0.4 is 0 Å². The minimum Gasteiger partial charge on any atom is -0.504 e. The molecule has 0 amide bonds. The van der Waals surface area contributed by atoms with Crippen LogP contribution in [0.3, 0.4) is 0 Å². The number of aliphatic hydroxyl groups is 8. The van der Waals surface area contributed by atoms with Crippen LogP contribution >= 0.6 is 0 Å². The van der Waals surface area contributed by atoms with Gasteiger partial charge in [0.05, 0.1) is 26.4 Å². The Morgan fingerprint density at radius 1 is 0.685 bits per heavy atom. The van der Waals surface area contributed by atoms with Crippen molar-refractivity contribution in [1.82, 2.24) is 0 Å². The zero-order valence-electron chi connectivity index (χ0n) is 28.4. The van der Waals surface area contributed by atoms with Crippen LogP contribution in [0.2, 0.25) is 0 Å². The Balaban J connectivity index is 1.41. The molecule has 0 radical (unpaired) electrons. The number of hydrogen-bond donors (Lipinski definition) is 12. The molecule has 0 saturated carbocycles. The van der Waals surface area contributed by atoms with Crippen molar-refractivity contribution < 1.29 is 99.2 Å². The average Bonchev–Trinajstić information content (AvgIpc) is 3.15. The van der Waals surface area contributed by atoms with Gasteiger partial charge in [-0.05, 0) is 47.9 Å². The Morgan fingerprint density at radius 3 is 2.00 bits per heavy atom. The molecule has 0 bridgehead atoms. The van der Waals surface area contributed by atoms with Gasteiger partial charge in [-0.1, -0.05) is 12.1 Å². The van der Waals surface area contributed by atoms with E-state index in [1.54, 1.807) is 0 Å².